The predicted molar refractivity (Wildman–Crippen MR) is 95.4 cm³/mol. The van der Waals surface area contributed by atoms with Crippen molar-refractivity contribution in [2.75, 3.05) is 20.3 Å². The Morgan fingerprint density at radius 1 is 1.28 bits per heavy atom. The summed E-state index contributed by atoms with van der Waals surface area (Å²) in [5.41, 5.74) is 0.132. The third-order valence-electron chi connectivity index (χ3n) is 4.16. The van der Waals surface area contributed by atoms with Crippen LogP contribution < -0.4 is 4.72 Å². The van der Waals surface area contributed by atoms with Crippen LogP contribution in [0.2, 0.25) is 5.02 Å². The Bertz CT molecular complexity index is 686. The van der Waals surface area contributed by atoms with Gasteiger partial charge in [-0.25, -0.2) is 17.9 Å². The smallest absolute Gasteiger partial charge is 0.337 e. The lowest BCUT2D eigenvalue weighted by atomic mass is 9.98. The number of esters is 1. The fourth-order valence-corrected chi connectivity index (χ4v) is 4.39. The maximum Gasteiger partial charge on any atom is 0.337 e. The molecule has 140 valence electrons. The Hall–Kier alpha value is -1.15. The highest BCUT2D eigenvalue weighted by atomic mass is 35.5. The first kappa shape index (κ1) is 20.2. The number of nitrogens with one attached hydrogen (secondary N) is 1. The minimum Gasteiger partial charge on any atom is -0.465 e. The summed E-state index contributed by atoms with van der Waals surface area (Å²) < 4.78 is 37.6. The number of carbonyl (C=O) groups is 1. The van der Waals surface area contributed by atoms with Gasteiger partial charge in [0.1, 0.15) is 4.90 Å². The number of sulfonamides is 1. The van der Waals surface area contributed by atoms with Gasteiger partial charge < -0.3 is 9.47 Å². The van der Waals surface area contributed by atoms with E-state index in [1.54, 1.807) is 0 Å². The molecule has 0 atom stereocenters. The second kappa shape index (κ2) is 9.52. The summed E-state index contributed by atoms with van der Waals surface area (Å²) >= 11 is 5.97. The molecule has 0 bridgehead atoms. The largest absolute Gasteiger partial charge is 0.465 e. The third-order valence-corrected chi connectivity index (χ3v) is 6.10. The average molecular weight is 390 g/mol. The summed E-state index contributed by atoms with van der Waals surface area (Å²) in [6.07, 6.45) is 6.72. The van der Waals surface area contributed by atoms with Gasteiger partial charge in [0.2, 0.25) is 10.0 Å². The molecule has 25 heavy (non-hydrogen) atoms. The molecular weight excluding hydrogens is 366 g/mol. The standard InChI is InChI=1S/C17H24ClNO5S/c1-23-17(20)13-8-9-15(18)16(12-13)25(21,22)19-10-5-11-24-14-6-3-2-4-7-14/h8-9,12,14,19H,2-7,10-11H2,1H3. The van der Waals surface area contributed by atoms with E-state index < -0.39 is 16.0 Å². The van der Waals surface area contributed by atoms with Crippen molar-refractivity contribution < 1.29 is 22.7 Å². The zero-order valence-electron chi connectivity index (χ0n) is 14.3. The van der Waals surface area contributed by atoms with Crippen molar-refractivity contribution in [3.63, 3.8) is 0 Å². The molecule has 0 unspecified atom stereocenters. The van der Waals surface area contributed by atoms with E-state index in [4.69, 9.17) is 16.3 Å². The van der Waals surface area contributed by atoms with E-state index in [0.29, 0.717) is 19.1 Å². The van der Waals surface area contributed by atoms with E-state index >= 15 is 0 Å². The number of hydrogen-bond donors (Lipinski definition) is 1. The lowest BCUT2D eigenvalue weighted by molar-refractivity contribution is 0.0278. The Kier molecular flexibility index (Phi) is 7.68. The molecule has 0 saturated heterocycles. The molecule has 0 amide bonds. The normalized spacial score (nSPS) is 15.9. The quantitative estimate of drug-likeness (QED) is 0.545. The number of rotatable bonds is 8. The fourth-order valence-electron chi connectivity index (χ4n) is 2.79. The van der Waals surface area contributed by atoms with Crippen molar-refractivity contribution in [3.05, 3.63) is 28.8 Å². The Morgan fingerprint density at radius 2 is 2.00 bits per heavy atom. The lowest BCUT2D eigenvalue weighted by Gasteiger charge is -2.21. The first-order valence-electron chi connectivity index (χ1n) is 8.43. The van der Waals surface area contributed by atoms with Crippen LogP contribution in [0.3, 0.4) is 0 Å². The summed E-state index contributed by atoms with van der Waals surface area (Å²) in [6.45, 7) is 0.761. The Labute approximate surface area is 153 Å². The van der Waals surface area contributed by atoms with Crippen molar-refractivity contribution in [3.8, 4) is 0 Å². The zero-order valence-corrected chi connectivity index (χ0v) is 15.9. The molecule has 0 aromatic heterocycles. The maximum atomic E-state index is 12.4. The van der Waals surface area contributed by atoms with E-state index in [2.05, 4.69) is 9.46 Å². The lowest BCUT2D eigenvalue weighted by Crippen LogP contribution is -2.27. The zero-order chi connectivity index (χ0) is 18.3. The van der Waals surface area contributed by atoms with Gasteiger partial charge in [-0.3, -0.25) is 0 Å². The highest BCUT2D eigenvalue weighted by molar-refractivity contribution is 7.89. The summed E-state index contributed by atoms with van der Waals surface area (Å²) in [4.78, 5) is 11.4. The Balaban J connectivity index is 1.87. The van der Waals surface area contributed by atoms with Crippen molar-refractivity contribution in [1.82, 2.24) is 4.72 Å². The van der Waals surface area contributed by atoms with Gasteiger partial charge in [0, 0.05) is 13.2 Å². The molecule has 1 aliphatic carbocycles. The molecule has 2 rings (SSSR count). The highest BCUT2D eigenvalue weighted by Gasteiger charge is 2.20. The first-order chi connectivity index (χ1) is 11.9. The van der Waals surface area contributed by atoms with Gasteiger partial charge in [0.05, 0.1) is 23.8 Å². The molecule has 1 fully saturated rings. The van der Waals surface area contributed by atoms with Crippen LogP contribution in [0.15, 0.2) is 23.1 Å². The van der Waals surface area contributed by atoms with Gasteiger partial charge in [-0.15, -0.1) is 0 Å². The molecule has 1 aromatic carbocycles. The molecule has 0 heterocycles. The Morgan fingerprint density at radius 3 is 2.68 bits per heavy atom. The molecule has 0 radical (unpaired) electrons. The highest BCUT2D eigenvalue weighted by Crippen LogP contribution is 2.23. The molecule has 0 spiro atoms. The molecular formula is C17H24ClNO5S. The van der Waals surface area contributed by atoms with Crippen LogP contribution in [-0.4, -0.2) is 40.8 Å². The molecule has 6 nitrogen and oxygen atoms in total. The van der Waals surface area contributed by atoms with Crippen molar-refractivity contribution in [2.24, 2.45) is 0 Å². The van der Waals surface area contributed by atoms with Crippen LogP contribution in [-0.2, 0) is 19.5 Å². The predicted octanol–water partition coefficient (Wildman–Crippen LogP) is 3.14. The second-order valence-corrected chi connectivity index (χ2v) is 8.16. The van der Waals surface area contributed by atoms with Crippen LogP contribution in [0.1, 0.15) is 48.9 Å². The number of carbonyl (C=O) groups excluding carboxylic acids is 1. The van der Waals surface area contributed by atoms with Crippen molar-refractivity contribution in [1.29, 1.82) is 0 Å². The molecule has 1 saturated carbocycles. The number of hydrogen-bond acceptors (Lipinski definition) is 5. The van der Waals surface area contributed by atoms with Gasteiger partial charge in [-0.1, -0.05) is 30.9 Å². The summed E-state index contributed by atoms with van der Waals surface area (Å²) in [5.74, 6) is -0.617. The SMILES string of the molecule is COC(=O)c1ccc(Cl)c(S(=O)(=O)NCCCOC2CCCCC2)c1. The van der Waals surface area contributed by atoms with Crippen LogP contribution in [0, 0.1) is 0 Å². The molecule has 1 aliphatic rings. The van der Waals surface area contributed by atoms with E-state index in [1.165, 1.54) is 44.6 Å². The van der Waals surface area contributed by atoms with Gasteiger partial charge >= 0.3 is 5.97 Å². The van der Waals surface area contributed by atoms with Crippen LogP contribution in [0.4, 0.5) is 0 Å². The number of benzene rings is 1. The third kappa shape index (κ3) is 5.95. The van der Waals surface area contributed by atoms with Gasteiger partial charge in [-0.05, 0) is 37.5 Å². The maximum absolute atomic E-state index is 12.4. The van der Waals surface area contributed by atoms with Crippen LogP contribution in [0.25, 0.3) is 0 Å². The topological polar surface area (TPSA) is 81.7 Å². The number of methoxy groups -OCH3 is 1. The molecule has 0 aliphatic heterocycles. The van der Waals surface area contributed by atoms with E-state index in [-0.39, 0.29) is 22.0 Å². The fraction of sp³-hybridized carbons (Fsp3) is 0.588. The first-order valence-corrected chi connectivity index (χ1v) is 10.3. The summed E-state index contributed by atoms with van der Waals surface area (Å²) in [7, 11) is -2.57. The number of ether oxygens (including phenoxy) is 2. The van der Waals surface area contributed by atoms with Crippen LogP contribution in [0.5, 0.6) is 0 Å². The summed E-state index contributed by atoms with van der Waals surface area (Å²) in [5, 5.41) is 0.0543. The van der Waals surface area contributed by atoms with E-state index in [1.807, 2.05) is 0 Å². The average Bonchev–Trinajstić information content (AvgIpc) is 2.61. The minimum atomic E-state index is -3.81. The van der Waals surface area contributed by atoms with E-state index in [0.717, 1.165) is 12.8 Å². The van der Waals surface area contributed by atoms with Gasteiger partial charge in [0.15, 0.2) is 0 Å². The molecule has 1 aromatic rings. The van der Waals surface area contributed by atoms with Gasteiger partial charge in [0.25, 0.3) is 0 Å². The van der Waals surface area contributed by atoms with Crippen LogP contribution >= 0.6 is 11.6 Å². The van der Waals surface area contributed by atoms with Crippen molar-refractivity contribution >= 4 is 27.6 Å². The molecule has 1 N–H and O–H groups in total. The second-order valence-electron chi connectivity index (χ2n) is 6.02. The molecule has 8 heteroatoms. The van der Waals surface area contributed by atoms with E-state index in [9.17, 15) is 13.2 Å². The minimum absolute atomic E-state index is 0.0543. The monoisotopic (exact) mass is 389 g/mol. The number of halogens is 1. The summed E-state index contributed by atoms with van der Waals surface area (Å²) in [6, 6.07) is 4.01. The van der Waals surface area contributed by atoms with Gasteiger partial charge in [-0.2, -0.15) is 0 Å². The van der Waals surface area contributed by atoms with Crippen molar-refractivity contribution in [2.45, 2.75) is 49.5 Å².